The molecule has 0 aliphatic heterocycles. The van der Waals surface area contributed by atoms with Gasteiger partial charge in [-0.3, -0.25) is 24.2 Å². The molecule has 0 radical (unpaired) electrons. The summed E-state index contributed by atoms with van der Waals surface area (Å²) in [6.45, 7) is 4.96. The van der Waals surface area contributed by atoms with Crippen LogP contribution in [0.4, 0.5) is 5.82 Å². The molecule has 41 heavy (non-hydrogen) atoms. The monoisotopic (exact) mass is 595 g/mol. The number of carbonyl (C=O) groups is 4. The molecule has 4 aromatic heterocycles. The Morgan fingerprint density at radius 3 is 2.39 bits per heavy atom. The first kappa shape index (κ1) is 29.6. The third kappa shape index (κ3) is 6.67. The van der Waals surface area contributed by atoms with Gasteiger partial charge in [0.25, 0.3) is 17.2 Å². The summed E-state index contributed by atoms with van der Waals surface area (Å²) in [5, 5.41) is 7.70. The number of thiophene rings is 1. The summed E-state index contributed by atoms with van der Waals surface area (Å²) in [5.74, 6) is -2.55. The van der Waals surface area contributed by atoms with Gasteiger partial charge >= 0.3 is 5.97 Å². The maximum absolute atomic E-state index is 13.6. The lowest BCUT2D eigenvalue weighted by atomic mass is 9.96. The maximum Gasteiger partial charge on any atom is 0.376 e. The van der Waals surface area contributed by atoms with E-state index in [9.17, 15) is 24.0 Å². The van der Waals surface area contributed by atoms with Gasteiger partial charge in [-0.1, -0.05) is 32.4 Å². The van der Waals surface area contributed by atoms with Crippen molar-refractivity contribution in [3.05, 3.63) is 85.7 Å². The van der Waals surface area contributed by atoms with Crippen LogP contribution in [0.5, 0.6) is 0 Å². The van der Waals surface area contributed by atoms with E-state index in [1.165, 1.54) is 46.7 Å². The van der Waals surface area contributed by atoms with E-state index in [4.69, 9.17) is 11.6 Å². The largest absolute Gasteiger partial charge is 0.463 e. The molecule has 13 heteroatoms. The molecule has 0 spiro atoms. The number of anilines is 1. The summed E-state index contributed by atoms with van der Waals surface area (Å²) in [7, 11) is 1.05. The standard InChI is InChI=1S/C28H26ClN5O6S/c1-28(2,3)27(39)34-23(31-13-17-5-6-22(29)41-17)12-20(32-34)18-11-24(36)33(15-21(35)26(38)40-4)14-19(18)25(37)16-7-9-30-10-8-16/h5-12,14,31H,13,15H2,1-4H3. The molecular formula is C28H26ClN5O6S. The van der Waals surface area contributed by atoms with Gasteiger partial charge < -0.3 is 14.6 Å². The first-order chi connectivity index (χ1) is 19.4. The third-order valence-electron chi connectivity index (χ3n) is 5.93. The lowest BCUT2D eigenvalue weighted by molar-refractivity contribution is -0.151. The molecule has 0 aromatic carbocycles. The van der Waals surface area contributed by atoms with Crippen LogP contribution in [-0.4, -0.2) is 49.9 Å². The molecule has 0 saturated heterocycles. The Bertz CT molecular complexity index is 1700. The smallest absolute Gasteiger partial charge is 0.376 e. The summed E-state index contributed by atoms with van der Waals surface area (Å²) < 4.78 is 7.23. The number of ether oxygens (including phenoxy) is 1. The zero-order valence-corrected chi connectivity index (χ0v) is 24.2. The normalized spacial score (nSPS) is 11.2. The number of hydrogen-bond donors (Lipinski definition) is 1. The van der Waals surface area contributed by atoms with Gasteiger partial charge in [-0.15, -0.1) is 11.3 Å². The molecule has 0 atom stereocenters. The summed E-state index contributed by atoms with van der Waals surface area (Å²) in [6.07, 6.45) is 4.09. The predicted molar refractivity (Wildman–Crippen MR) is 153 cm³/mol. The van der Waals surface area contributed by atoms with Gasteiger partial charge in [-0.05, 0) is 24.3 Å². The minimum atomic E-state index is -1.12. The molecular weight excluding hydrogens is 570 g/mol. The van der Waals surface area contributed by atoms with E-state index in [1.807, 2.05) is 6.07 Å². The SMILES string of the molecule is COC(=O)C(=O)Cn1cc(C(=O)c2ccncc2)c(-c2cc(NCc3ccc(Cl)s3)n(C(=O)C(C)(C)C)n2)cc1=O. The molecule has 0 fully saturated rings. The molecule has 212 valence electrons. The number of ketones is 2. The average Bonchev–Trinajstić information content (AvgIpc) is 3.57. The van der Waals surface area contributed by atoms with E-state index in [2.05, 4.69) is 20.1 Å². The van der Waals surface area contributed by atoms with E-state index in [-0.39, 0.29) is 28.3 Å². The van der Waals surface area contributed by atoms with Crippen LogP contribution in [0.25, 0.3) is 11.3 Å². The molecule has 1 N–H and O–H groups in total. The van der Waals surface area contributed by atoms with Crippen molar-refractivity contribution in [2.75, 3.05) is 12.4 Å². The van der Waals surface area contributed by atoms with Crippen molar-refractivity contribution in [2.45, 2.75) is 33.9 Å². The Morgan fingerprint density at radius 2 is 1.78 bits per heavy atom. The number of methoxy groups -OCH3 is 1. The topological polar surface area (TPSA) is 142 Å². The van der Waals surface area contributed by atoms with E-state index in [0.717, 1.165) is 22.6 Å². The van der Waals surface area contributed by atoms with Gasteiger partial charge in [-0.2, -0.15) is 9.78 Å². The van der Waals surface area contributed by atoms with E-state index >= 15 is 0 Å². The second-order valence-electron chi connectivity index (χ2n) is 9.99. The van der Waals surface area contributed by atoms with Gasteiger partial charge in [0.15, 0.2) is 5.78 Å². The molecule has 0 unspecified atom stereocenters. The molecule has 11 nitrogen and oxygen atoms in total. The number of pyridine rings is 2. The fraction of sp³-hybridized carbons (Fsp3) is 0.250. The maximum atomic E-state index is 13.6. The highest BCUT2D eigenvalue weighted by molar-refractivity contribution is 7.16. The highest BCUT2D eigenvalue weighted by atomic mass is 35.5. The van der Waals surface area contributed by atoms with Crippen LogP contribution in [0.1, 0.15) is 46.4 Å². The van der Waals surface area contributed by atoms with Crippen molar-refractivity contribution >= 4 is 52.2 Å². The zero-order chi connectivity index (χ0) is 29.9. The Labute approximate surface area is 243 Å². The van der Waals surface area contributed by atoms with Crippen molar-refractivity contribution in [1.82, 2.24) is 19.3 Å². The average molecular weight is 596 g/mol. The van der Waals surface area contributed by atoms with Crippen LogP contribution >= 0.6 is 22.9 Å². The predicted octanol–water partition coefficient (Wildman–Crippen LogP) is 4.09. The van der Waals surface area contributed by atoms with Crippen LogP contribution in [0, 0.1) is 5.41 Å². The van der Waals surface area contributed by atoms with Crippen LogP contribution in [-0.2, 0) is 27.4 Å². The summed E-state index contributed by atoms with van der Waals surface area (Å²) in [5.41, 5.74) is -0.861. The highest BCUT2D eigenvalue weighted by Gasteiger charge is 2.28. The Kier molecular flexibility index (Phi) is 8.64. The number of esters is 1. The van der Waals surface area contributed by atoms with E-state index in [0.29, 0.717) is 16.7 Å². The first-order valence-corrected chi connectivity index (χ1v) is 13.5. The second kappa shape index (κ2) is 12.0. The molecule has 0 aliphatic carbocycles. The lowest BCUT2D eigenvalue weighted by Crippen LogP contribution is -2.29. The van der Waals surface area contributed by atoms with Gasteiger partial charge in [0.1, 0.15) is 5.82 Å². The number of hydrogen-bond acceptors (Lipinski definition) is 10. The van der Waals surface area contributed by atoms with Crippen molar-refractivity contribution < 1.29 is 23.9 Å². The minimum Gasteiger partial charge on any atom is -0.463 e. The fourth-order valence-corrected chi connectivity index (χ4v) is 4.84. The third-order valence-corrected chi connectivity index (χ3v) is 7.16. The highest BCUT2D eigenvalue weighted by Crippen LogP contribution is 2.29. The fourth-order valence-electron chi connectivity index (χ4n) is 3.82. The Balaban J connectivity index is 1.85. The molecule has 0 saturated carbocycles. The Hall–Kier alpha value is -4.42. The van der Waals surface area contributed by atoms with Crippen LogP contribution < -0.4 is 10.9 Å². The summed E-state index contributed by atoms with van der Waals surface area (Å²) in [4.78, 5) is 68.8. The van der Waals surface area contributed by atoms with Gasteiger partial charge in [0.05, 0.1) is 30.2 Å². The molecule has 4 rings (SSSR count). The molecule has 0 bridgehead atoms. The second-order valence-corrected chi connectivity index (χ2v) is 11.8. The van der Waals surface area contributed by atoms with Crippen LogP contribution in [0.2, 0.25) is 4.34 Å². The number of nitrogens with one attached hydrogen (secondary N) is 1. The van der Waals surface area contributed by atoms with Gasteiger partial charge in [0, 0.05) is 57.7 Å². The molecule has 0 aliphatic rings. The van der Waals surface area contributed by atoms with Crippen LogP contribution in [0.3, 0.4) is 0 Å². The van der Waals surface area contributed by atoms with Gasteiger partial charge in [-0.25, -0.2) is 4.79 Å². The summed E-state index contributed by atoms with van der Waals surface area (Å²) in [6, 6.07) is 9.35. The van der Waals surface area contributed by atoms with Gasteiger partial charge in [0.2, 0.25) is 0 Å². The number of nitrogens with zero attached hydrogens (tertiary/aromatic N) is 4. The van der Waals surface area contributed by atoms with Crippen molar-refractivity contribution in [2.24, 2.45) is 5.41 Å². The molecule has 4 aromatic rings. The number of aromatic nitrogens is 4. The number of rotatable bonds is 9. The Morgan fingerprint density at radius 1 is 1.07 bits per heavy atom. The molecule has 4 heterocycles. The number of Topliss-reactive ketones (excluding diaryl/α,β-unsaturated/α-hetero) is 1. The van der Waals surface area contributed by atoms with Crippen molar-refractivity contribution in [1.29, 1.82) is 0 Å². The zero-order valence-electron chi connectivity index (χ0n) is 22.6. The lowest BCUT2D eigenvalue weighted by Gasteiger charge is -2.18. The first-order valence-electron chi connectivity index (χ1n) is 12.3. The minimum absolute atomic E-state index is 0.0258. The molecule has 0 amide bonds. The van der Waals surface area contributed by atoms with Crippen molar-refractivity contribution in [3.63, 3.8) is 0 Å². The number of halogens is 1. The van der Waals surface area contributed by atoms with Crippen molar-refractivity contribution in [3.8, 4) is 11.3 Å². The summed E-state index contributed by atoms with van der Waals surface area (Å²) >= 11 is 7.43. The number of carbonyl (C=O) groups excluding carboxylic acids is 4. The quantitative estimate of drug-likeness (QED) is 0.172. The van der Waals surface area contributed by atoms with Crippen LogP contribution in [0.15, 0.2) is 59.8 Å². The van der Waals surface area contributed by atoms with E-state index in [1.54, 1.807) is 32.9 Å². The van der Waals surface area contributed by atoms with E-state index < -0.39 is 35.1 Å².